The Morgan fingerprint density at radius 3 is 2.90 bits per heavy atom. The van der Waals surface area contributed by atoms with Crippen molar-refractivity contribution >= 4 is 17.0 Å². The highest BCUT2D eigenvalue weighted by atomic mass is 16.6. The van der Waals surface area contributed by atoms with E-state index in [1.165, 1.54) is 0 Å². The molecule has 2 heterocycles. The molecule has 30 heavy (non-hydrogen) atoms. The molecule has 164 valence electrons. The van der Waals surface area contributed by atoms with Gasteiger partial charge in [0.25, 0.3) is 0 Å². The van der Waals surface area contributed by atoms with Gasteiger partial charge in [0, 0.05) is 31.2 Å². The number of carbonyl (C=O) groups excluding carboxylic acids is 1. The Hall–Kier alpha value is -2.38. The van der Waals surface area contributed by atoms with Gasteiger partial charge in [-0.25, -0.2) is 4.79 Å². The fraction of sp³-hybridized carbons (Fsp3) is 0.565. The first-order valence-electron chi connectivity index (χ1n) is 10.5. The molecule has 7 heteroatoms. The molecule has 2 N–H and O–H groups in total. The highest BCUT2D eigenvalue weighted by molar-refractivity contribution is 5.83. The maximum absolute atomic E-state index is 11.9. The predicted molar refractivity (Wildman–Crippen MR) is 117 cm³/mol. The number of likely N-dealkylation sites (tertiary alicyclic amines) is 1. The van der Waals surface area contributed by atoms with E-state index < -0.39 is 11.7 Å². The van der Waals surface area contributed by atoms with Gasteiger partial charge in [-0.2, -0.15) is 0 Å². The molecule has 1 amide bonds. The number of methoxy groups -OCH3 is 1. The second-order valence-electron chi connectivity index (χ2n) is 8.95. The third kappa shape index (κ3) is 6.06. The minimum absolute atomic E-state index is 0.341. The van der Waals surface area contributed by atoms with Crippen LogP contribution >= 0.6 is 0 Å². The zero-order valence-corrected chi connectivity index (χ0v) is 18.4. The van der Waals surface area contributed by atoms with Crippen LogP contribution in [-0.2, 0) is 4.74 Å². The van der Waals surface area contributed by atoms with Crippen LogP contribution in [0.5, 0.6) is 5.75 Å². The van der Waals surface area contributed by atoms with Gasteiger partial charge in [-0.1, -0.05) is 0 Å². The molecule has 1 saturated heterocycles. The highest BCUT2D eigenvalue weighted by Gasteiger charge is 2.24. The quantitative estimate of drug-likeness (QED) is 0.751. The number of rotatable bonds is 6. The van der Waals surface area contributed by atoms with Gasteiger partial charge in [0.15, 0.2) is 0 Å². The smallest absolute Gasteiger partial charge is 0.407 e. The Morgan fingerprint density at radius 2 is 2.17 bits per heavy atom. The van der Waals surface area contributed by atoms with E-state index in [1.807, 2.05) is 45.0 Å². The number of piperidine rings is 1. The summed E-state index contributed by atoms with van der Waals surface area (Å²) in [5, 5.41) is 14.8. The number of hydrogen-bond acceptors (Lipinski definition) is 6. The van der Waals surface area contributed by atoms with E-state index in [9.17, 15) is 9.90 Å². The molecular formula is C23H33N3O4. The fourth-order valence-electron chi connectivity index (χ4n) is 3.93. The van der Waals surface area contributed by atoms with Crippen molar-refractivity contribution in [2.45, 2.75) is 45.3 Å². The van der Waals surface area contributed by atoms with E-state index in [0.29, 0.717) is 19.0 Å². The standard InChI is InChI=1S/C23H33N3O4/c1-23(2,3)30-22(28)25-13-16-6-5-11-26(14-16)15-21(27)18-9-10-24-20-8-7-17(29-4)12-19(18)20/h7-10,12,16,21,27H,5-6,11,13-15H2,1-4H3,(H,25,28). The van der Waals surface area contributed by atoms with Crippen molar-refractivity contribution in [1.82, 2.24) is 15.2 Å². The number of alkyl carbamates (subject to hydrolysis) is 1. The van der Waals surface area contributed by atoms with E-state index in [0.717, 1.165) is 48.1 Å². The molecule has 0 bridgehead atoms. The average Bonchev–Trinajstić information content (AvgIpc) is 2.70. The maximum Gasteiger partial charge on any atom is 0.407 e. The molecule has 1 aromatic carbocycles. The SMILES string of the molecule is COc1ccc2nccc(C(O)CN3CCCC(CNC(=O)OC(C)(C)C)C3)c2c1. The van der Waals surface area contributed by atoms with Gasteiger partial charge < -0.3 is 24.8 Å². The zero-order valence-electron chi connectivity index (χ0n) is 18.4. The number of fused-ring (bicyclic) bond motifs is 1. The molecule has 7 nitrogen and oxygen atoms in total. The van der Waals surface area contributed by atoms with Crippen LogP contribution in [0.25, 0.3) is 10.9 Å². The summed E-state index contributed by atoms with van der Waals surface area (Å²) in [5.41, 5.74) is 1.20. The number of nitrogens with zero attached hydrogens (tertiary/aromatic N) is 2. The third-order valence-electron chi connectivity index (χ3n) is 5.31. The lowest BCUT2D eigenvalue weighted by atomic mass is 9.96. The first-order valence-corrected chi connectivity index (χ1v) is 10.5. The van der Waals surface area contributed by atoms with Gasteiger partial charge in [0.2, 0.25) is 0 Å². The molecule has 1 aliphatic heterocycles. The minimum Gasteiger partial charge on any atom is -0.497 e. The summed E-state index contributed by atoms with van der Waals surface area (Å²) in [6.45, 7) is 8.46. The van der Waals surface area contributed by atoms with Crippen LogP contribution in [0.2, 0.25) is 0 Å². The first kappa shape index (κ1) is 22.3. The molecule has 0 radical (unpaired) electrons. The summed E-state index contributed by atoms with van der Waals surface area (Å²) in [4.78, 5) is 18.6. The van der Waals surface area contributed by atoms with Gasteiger partial charge in [0.1, 0.15) is 11.4 Å². The Labute approximate surface area is 178 Å². The maximum atomic E-state index is 11.9. The highest BCUT2D eigenvalue weighted by Crippen LogP contribution is 2.28. The summed E-state index contributed by atoms with van der Waals surface area (Å²) < 4.78 is 10.7. The van der Waals surface area contributed by atoms with Gasteiger partial charge in [-0.05, 0) is 75.9 Å². The molecule has 1 aromatic heterocycles. The predicted octanol–water partition coefficient (Wildman–Crippen LogP) is 3.51. The van der Waals surface area contributed by atoms with E-state index in [2.05, 4.69) is 15.2 Å². The largest absolute Gasteiger partial charge is 0.497 e. The van der Waals surface area contributed by atoms with Crippen LogP contribution < -0.4 is 10.1 Å². The number of ether oxygens (including phenoxy) is 2. The van der Waals surface area contributed by atoms with Crippen LogP contribution in [0.15, 0.2) is 30.5 Å². The Kier molecular flexibility index (Phi) is 7.15. The second-order valence-corrected chi connectivity index (χ2v) is 8.95. The molecule has 2 atom stereocenters. The topological polar surface area (TPSA) is 83.9 Å². The lowest BCUT2D eigenvalue weighted by Gasteiger charge is -2.34. The number of amides is 1. The van der Waals surface area contributed by atoms with Crippen molar-refractivity contribution in [2.75, 3.05) is 33.3 Å². The van der Waals surface area contributed by atoms with Crippen molar-refractivity contribution in [2.24, 2.45) is 5.92 Å². The molecular weight excluding hydrogens is 382 g/mol. The van der Waals surface area contributed by atoms with Crippen molar-refractivity contribution < 1.29 is 19.4 Å². The Bertz CT molecular complexity index is 865. The zero-order chi connectivity index (χ0) is 21.7. The molecule has 0 aliphatic carbocycles. The van der Waals surface area contributed by atoms with E-state index in [-0.39, 0.29) is 6.09 Å². The van der Waals surface area contributed by atoms with Gasteiger partial charge in [-0.15, -0.1) is 0 Å². The van der Waals surface area contributed by atoms with E-state index >= 15 is 0 Å². The number of aromatic nitrogens is 1. The van der Waals surface area contributed by atoms with Gasteiger partial charge >= 0.3 is 6.09 Å². The number of β-amino-alcohol motifs (C(OH)–C–C–N with tert-alkyl or cyclic N) is 1. The van der Waals surface area contributed by atoms with Gasteiger partial charge in [0.05, 0.1) is 18.7 Å². The second kappa shape index (κ2) is 9.62. The number of carbonyl (C=O) groups is 1. The summed E-state index contributed by atoms with van der Waals surface area (Å²) >= 11 is 0. The first-order chi connectivity index (χ1) is 14.2. The molecule has 1 aliphatic rings. The minimum atomic E-state index is -0.625. The third-order valence-corrected chi connectivity index (χ3v) is 5.31. The summed E-state index contributed by atoms with van der Waals surface area (Å²) in [5.74, 6) is 1.09. The summed E-state index contributed by atoms with van der Waals surface area (Å²) in [6.07, 6.45) is 2.82. The molecule has 2 aromatic rings. The van der Waals surface area contributed by atoms with Crippen LogP contribution in [-0.4, -0.2) is 60.0 Å². The van der Waals surface area contributed by atoms with Gasteiger partial charge in [-0.3, -0.25) is 4.98 Å². The number of nitrogens with one attached hydrogen (secondary N) is 1. The average molecular weight is 416 g/mol. The van der Waals surface area contributed by atoms with Crippen molar-refractivity contribution in [3.63, 3.8) is 0 Å². The van der Waals surface area contributed by atoms with Crippen molar-refractivity contribution in [1.29, 1.82) is 0 Å². The lowest BCUT2D eigenvalue weighted by molar-refractivity contribution is 0.0491. The number of pyridine rings is 1. The van der Waals surface area contributed by atoms with Crippen LogP contribution in [0.3, 0.4) is 0 Å². The van der Waals surface area contributed by atoms with Crippen LogP contribution in [0.4, 0.5) is 4.79 Å². The van der Waals surface area contributed by atoms with E-state index in [1.54, 1.807) is 13.3 Å². The number of benzene rings is 1. The monoisotopic (exact) mass is 415 g/mol. The number of aliphatic hydroxyl groups is 1. The molecule has 3 rings (SSSR count). The van der Waals surface area contributed by atoms with Crippen LogP contribution in [0, 0.1) is 5.92 Å². The molecule has 0 saturated carbocycles. The van der Waals surface area contributed by atoms with Crippen molar-refractivity contribution in [3.8, 4) is 5.75 Å². The Morgan fingerprint density at radius 1 is 1.37 bits per heavy atom. The fourth-order valence-corrected chi connectivity index (χ4v) is 3.93. The van der Waals surface area contributed by atoms with Crippen molar-refractivity contribution in [3.05, 3.63) is 36.0 Å². The van der Waals surface area contributed by atoms with Crippen LogP contribution in [0.1, 0.15) is 45.3 Å². The summed E-state index contributed by atoms with van der Waals surface area (Å²) in [7, 11) is 1.63. The lowest BCUT2D eigenvalue weighted by Crippen LogP contribution is -2.43. The van der Waals surface area contributed by atoms with E-state index in [4.69, 9.17) is 9.47 Å². The molecule has 0 spiro atoms. The normalized spacial score (nSPS) is 18.8. The number of hydrogen-bond donors (Lipinski definition) is 2. The molecule has 1 fully saturated rings. The summed E-state index contributed by atoms with van der Waals surface area (Å²) in [6, 6.07) is 7.57. The Balaban J connectivity index is 1.60. The number of aliphatic hydroxyl groups excluding tert-OH is 1. The molecule has 2 unspecified atom stereocenters.